The van der Waals surface area contributed by atoms with Gasteiger partial charge in [0.15, 0.2) is 0 Å². The maximum atomic E-state index is 12.2. The van der Waals surface area contributed by atoms with Crippen molar-refractivity contribution >= 4 is 28.5 Å². The maximum absolute atomic E-state index is 12.2. The van der Waals surface area contributed by atoms with E-state index in [9.17, 15) is 4.79 Å². The number of aromatic nitrogens is 3. The lowest BCUT2D eigenvalue weighted by Gasteiger charge is -2.12. The first kappa shape index (κ1) is 16.1. The standard InChI is InChI=1S/C19H19ClN4O/c1-23(2)19(25)14-5-3-4-13(10-14)15-8-9-16-18(17(15)20)21-22-24(16)11-12-6-7-12/h3-5,8-10,12H,6-7,11H2,1-2H3. The Morgan fingerprint density at radius 3 is 2.80 bits per heavy atom. The molecule has 1 saturated carbocycles. The summed E-state index contributed by atoms with van der Waals surface area (Å²) in [5, 5.41) is 9.12. The highest BCUT2D eigenvalue weighted by Gasteiger charge is 2.24. The Labute approximate surface area is 151 Å². The summed E-state index contributed by atoms with van der Waals surface area (Å²) in [6.07, 6.45) is 2.53. The molecule has 0 atom stereocenters. The second-order valence-electron chi connectivity index (χ2n) is 6.79. The molecule has 4 rings (SSSR count). The number of halogens is 1. The molecule has 128 valence electrons. The highest BCUT2D eigenvalue weighted by atomic mass is 35.5. The molecular formula is C19H19ClN4O. The van der Waals surface area contributed by atoms with Gasteiger partial charge in [-0.15, -0.1) is 5.10 Å². The van der Waals surface area contributed by atoms with E-state index >= 15 is 0 Å². The molecular weight excluding hydrogens is 336 g/mol. The van der Waals surface area contributed by atoms with Crippen LogP contribution < -0.4 is 0 Å². The van der Waals surface area contributed by atoms with E-state index in [2.05, 4.69) is 10.3 Å². The molecule has 1 amide bonds. The third kappa shape index (κ3) is 3.00. The van der Waals surface area contributed by atoms with E-state index < -0.39 is 0 Å². The normalized spacial score (nSPS) is 14.0. The molecule has 1 heterocycles. The minimum atomic E-state index is -0.0329. The van der Waals surface area contributed by atoms with Crippen LogP contribution in [0.1, 0.15) is 23.2 Å². The second-order valence-corrected chi connectivity index (χ2v) is 7.17. The van der Waals surface area contributed by atoms with Gasteiger partial charge in [0, 0.05) is 31.8 Å². The predicted octanol–water partition coefficient (Wildman–Crippen LogP) is 3.86. The molecule has 1 aliphatic rings. The molecule has 1 fully saturated rings. The highest BCUT2D eigenvalue weighted by molar-refractivity contribution is 6.37. The Balaban J connectivity index is 1.75. The van der Waals surface area contributed by atoms with E-state index in [0.717, 1.165) is 29.1 Å². The van der Waals surface area contributed by atoms with Crippen LogP contribution in [0.25, 0.3) is 22.2 Å². The monoisotopic (exact) mass is 354 g/mol. The predicted molar refractivity (Wildman–Crippen MR) is 98.7 cm³/mol. The van der Waals surface area contributed by atoms with Crippen molar-refractivity contribution in [2.75, 3.05) is 14.1 Å². The van der Waals surface area contributed by atoms with Crippen LogP contribution in [0.2, 0.25) is 5.02 Å². The first-order chi connectivity index (χ1) is 12.0. The topological polar surface area (TPSA) is 51.0 Å². The molecule has 6 heteroatoms. The number of hydrogen-bond acceptors (Lipinski definition) is 3. The summed E-state index contributed by atoms with van der Waals surface area (Å²) in [5.41, 5.74) is 4.07. The Kier molecular flexibility index (Phi) is 3.96. The van der Waals surface area contributed by atoms with Crippen molar-refractivity contribution in [3.8, 4) is 11.1 Å². The van der Waals surface area contributed by atoms with Crippen molar-refractivity contribution < 1.29 is 4.79 Å². The van der Waals surface area contributed by atoms with Crippen molar-refractivity contribution in [2.24, 2.45) is 5.92 Å². The van der Waals surface area contributed by atoms with Crippen LogP contribution in [0.4, 0.5) is 0 Å². The summed E-state index contributed by atoms with van der Waals surface area (Å²) in [6, 6.07) is 11.5. The van der Waals surface area contributed by atoms with E-state index in [1.165, 1.54) is 12.8 Å². The third-order valence-corrected chi connectivity index (χ3v) is 4.96. The molecule has 0 spiro atoms. The van der Waals surface area contributed by atoms with Crippen LogP contribution in [0.3, 0.4) is 0 Å². The molecule has 2 aromatic carbocycles. The van der Waals surface area contributed by atoms with E-state index in [0.29, 0.717) is 16.1 Å². The van der Waals surface area contributed by atoms with Crippen molar-refractivity contribution in [1.82, 2.24) is 19.9 Å². The Morgan fingerprint density at radius 2 is 2.08 bits per heavy atom. The zero-order valence-electron chi connectivity index (χ0n) is 14.2. The Morgan fingerprint density at radius 1 is 1.28 bits per heavy atom. The quantitative estimate of drug-likeness (QED) is 0.714. The molecule has 5 nitrogen and oxygen atoms in total. The van der Waals surface area contributed by atoms with Crippen molar-refractivity contribution in [2.45, 2.75) is 19.4 Å². The maximum Gasteiger partial charge on any atom is 0.253 e. The molecule has 0 saturated heterocycles. The largest absolute Gasteiger partial charge is 0.345 e. The van der Waals surface area contributed by atoms with Gasteiger partial charge >= 0.3 is 0 Å². The minimum absolute atomic E-state index is 0.0329. The molecule has 1 aromatic heterocycles. The zero-order chi connectivity index (χ0) is 17.6. The van der Waals surface area contributed by atoms with Crippen LogP contribution >= 0.6 is 11.6 Å². The average molecular weight is 355 g/mol. The Bertz CT molecular complexity index is 959. The second kappa shape index (κ2) is 6.15. The first-order valence-corrected chi connectivity index (χ1v) is 8.76. The van der Waals surface area contributed by atoms with E-state index in [-0.39, 0.29) is 5.91 Å². The molecule has 1 aliphatic carbocycles. The average Bonchev–Trinajstić information content (AvgIpc) is 3.33. The van der Waals surface area contributed by atoms with Gasteiger partial charge in [0.25, 0.3) is 5.91 Å². The van der Waals surface area contributed by atoms with Crippen LogP contribution in [0.15, 0.2) is 36.4 Å². The van der Waals surface area contributed by atoms with Gasteiger partial charge in [0.05, 0.1) is 10.5 Å². The smallest absolute Gasteiger partial charge is 0.253 e. The first-order valence-electron chi connectivity index (χ1n) is 8.38. The highest BCUT2D eigenvalue weighted by Crippen LogP contribution is 2.35. The van der Waals surface area contributed by atoms with Crippen molar-refractivity contribution in [3.05, 3.63) is 47.0 Å². The number of rotatable bonds is 4. The van der Waals surface area contributed by atoms with E-state index in [1.807, 2.05) is 41.1 Å². The van der Waals surface area contributed by atoms with Crippen LogP contribution in [-0.4, -0.2) is 39.9 Å². The van der Waals surface area contributed by atoms with Crippen LogP contribution in [0, 0.1) is 5.92 Å². The number of carbonyl (C=O) groups is 1. The van der Waals surface area contributed by atoms with Gasteiger partial charge in [-0.05, 0) is 42.5 Å². The molecule has 0 aliphatic heterocycles. The third-order valence-electron chi connectivity index (χ3n) is 4.58. The number of benzene rings is 2. The lowest BCUT2D eigenvalue weighted by Crippen LogP contribution is -2.21. The fourth-order valence-electron chi connectivity index (χ4n) is 2.99. The zero-order valence-corrected chi connectivity index (χ0v) is 15.0. The summed E-state index contributed by atoms with van der Waals surface area (Å²) < 4.78 is 1.94. The minimum Gasteiger partial charge on any atom is -0.345 e. The van der Waals surface area contributed by atoms with Gasteiger partial charge in [0.2, 0.25) is 0 Å². The lowest BCUT2D eigenvalue weighted by molar-refractivity contribution is 0.0827. The molecule has 0 N–H and O–H groups in total. The fourth-order valence-corrected chi connectivity index (χ4v) is 3.29. The van der Waals surface area contributed by atoms with Gasteiger partial charge in [-0.3, -0.25) is 4.79 Å². The number of hydrogen-bond donors (Lipinski definition) is 0. The van der Waals surface area contributed by atoms with Gasteiger partial charge in [-0.25, -0.2) is 4.68 Å². The number of nitrogens with zero attached hydrogens (tertiary/aromatic N) is 4. The summed E-state index contributed by atoms with van der Waals surface area (Å²) in [6.45, 7) is 0.902. The molecule has 0 bridgehead atoms. The van der Waals surface area contributed by atoms with Gasteiger partial charge in [0.1, 0.15) is 5.52 Å². The SMILES string of the molecule is CN(C)C(=O)c1cccc(-c2ccc3c(nnn3CC3CC3)c2Cl)c1. The molecule has 0 unspecified atom stereocenters. The van der Waals surface area contributed by atoms with Crippen molar-refractivity contribution in [3.63, 3.8) is 0 Å². The molecule has 0 radical (unpaired) electrons. The summed E-state index contributed by atoms with van der Waals surface area (Å²) in [5.74, 6) is 0.687. The summed E-state index contributed by atoms with van der Waals surface area (Å²) >= 11 is 6.62. The number of carbonyl (C=O) groups excluding carboxylic acids is 1. The van der Waals surface area contributed by atoms with Crippen LogP contribution in [0.5, 0.6) is 0 Å². The molecule has 25 heavy (non-hydrogen) atoms. The van der Waals surface area contributed by atoms with Crippen LogP contribution in [-0.2, 0) is 6.54 Å². The molecule has 3 aromatic rings. The number of amides is 1. The van der Waals surface area contributed by atoms with Crippen molar-refractivity contribution in [1.29, 1.82) is 0 Å². The van der Waals surface area contributed by atoms with Gasteiger partial charge in [-0.2, -0.15) is 0 Å². The van der Waals surface area contributed by atoms with E-state index in [1.54, 1.807) is 19.0 Å². The lowest BCUT2D eigenvalue weighted by atomic mass is 10.0. The van der Waals surface area contributed by atoms with Gasteiger partial charge in [-0.1, -0.05) is 35.0 Å². The summed E-state index contributed by atoms with van der Waals surface area (Å²) in [7, 11) is 3.48. The summed E-state index contributed by atoms with van der Waals surface area (Å²) in [4.78, 5) is 13.8. The number of fused-ring (bicyclic) bond motifs is 1. The Hall–Kier alpha value is -2.40. The van der Waals surface area contributed by atoms with Gasteiger partial charge < -0.3 is 4.90 Å². The fraction of sp³-hybridized carbons (Fsp3) is 0.316. The van der Waals surface area contributed by atoms with E-state index in [4.69, 9.17) is 11.6 Å².